The Morgan fingerprint density at radius 3 is 3.27 bits per heavy atom. The number of hydrogen-bond donors (Lipinski definition) is 1. The maximum Gasteiger partial charge on any atom is 0.217 e. The first kappa shape index (κ1) is 8.53. The Bertz CT molecular complexity index is 540. The minimum atomic E-state index is 0.662. The summed E-state index contributed by atoms with van der Waals surface area (Å²) in [5.41, 5.74) is 3.52. The zero-order chi connectivity index (χ0) is 10.3. The summed E-state index contributed by atoms with van der Waals surface area (Å²) < 4.78 is 5.54. The fourth-order valence-electron chi connectivity index (χ4n) is 2.06. The van der Waals surface area contributed by atoms with Crippen molar-refractivity contribution in [3.63, 3.8) is 0 Å². The molecule has 3 rings (SSSR count). The summed E-state index contributed by atoms with van der Waals surface area (Å²) in [6, 6.07) is 6.17. The van der Waals surface area contributed by atoms with Gasteiger partial charge in [0.1, 0.15) is 0 Å². The van der Waals surface area contributed by atoms with Crippen molar-refractivity contribution in [2.24, 2.45) is 4.99 Å². The van der Waals surface area contributed by atoms with Crippen molar-refractivity contribution in [3.05, 3.63) is 35.5 Å². The molecule has 76 valence electrons. The molecular weight excluding hydrogens is 188 g/mol. The lowest BCUT2D eigenvalue weighted by atomic mass is 10.0. The minimum Gasteiger partial charge on any atom is -0.478 e. The van der Waals surface area contributed by atoms with Crippen molar-refractivity contribution >= 4 is 16.8 Å². The first-order valence-corrected chi connectivity index (χ1v) is 5.16. The Hall–Kier alpha value is -1.77. The van der Waals surface area contributed by atoms with Crippen LogP contribution in [0.25, 0.3) is 10.9 Å². The van der Waals surface area contributed by atoms with Crippen molar-refractivity contribution in [1.82, 2.24) is 4.98 Å². The SMILES string of the molecule is CCOC1=NCc2c[nH]c3cccc1c23. The molecule has 0 spiro atoms. The number of nitrogens with zero attached hydrogens (tertiary/aromatic N) is 1. The first-order valence-electron chi connectivity index (χ1n) is 5.16. The molecule has 1 aliphatic rings. The van der Waals surface area contributed by atoms with Crippen LogP contribution < -0.4 is 0 Å². The molecule has 0 aliphatic carbocycles. The van der Waals surface area contributed by atoms with Gasteiger partial charge < -0.3 is 9.72 Å². The van der Waals surface area contributed by atoms with Gasteiger partial charge in [-0.25, -0.2) is 4.99 Å². The largest absolute Gasteiger partial charge is 0.478 e. The normalized spacial score (nSPS) is 14.1. The monoisotopic (exact) mass is 200 g/mol. The zero-order valence-electron chi connectivity index (χ0n) is 8.58. The average Bonchev–Trinajstić information content (AvgIpc) is 2.68. The molecule has 0 atom stereocenters. The Morgan fingerprint density at radius 1 is 1.47 bits per heavy atom. The second-order valence-corrected chi connectivity index (χ2v) is 3.60. The second kappa shape index (κ2) is 3.12. The maximum absolute atomic E-state index is 5.54. The quantitative estimate of drug-likeness (QED) is 0.754. The molecule has 3 nitrogen and oxygen atoms in total. The third kappa shape index (κ3) is 1.16. The van der Waals surface area contributed by atoms with Gasteiger partial charge in [-0.15, -0.1) is 0 Å². The highest BCUT2D eigenvalue weighted by Gasteiger charge is 2.17. The molecule has 0 saturated heterocycles. The number of benzene rings is 1. The van der Waals surface area contributed by atoms with E-state index in [1.165, 1.54) is 10.9 Å². The van der Waals surface area contributed by atoms with Crippen LogP contribution in [0.1, 0.15) is 18.1 Å². The third-order valence-electron chi connectivity index (χ3n) is 2.69. The molecule has 0 unspecified atom stereocenters. The van der Waals surface area contributed by atoms with Gasteiger partial charge >= 0.3 is 0 Å². The molecule has 2 heterocycles. The lowest BCUT2D eigenvalue weighted by molar-refractivity contribution is 0.326. The van der Waals surface area contributed by atoms with E-state index < -0.39 is 0 Å². The lowest BCUT2D eigenvalue weighted by Gasteiger charge is -2.13. The molecule has 0 bridgehead atoms. The Kier molecular flexibility index (Phi) is 1.78. The van der Waals surface area contributed by atoms with Gasteiger partial charge in [0, 0.05) is 22.7 Å². The van der Waals surface area contributed by atoms with Crippen LogP contribution in [-0.4, -0.2) is 17.5 Å². The molecule has 0 saturated carbocycles. The van der Waals surface area contributed by atoms with Crippen LogP contribution in [0.15, 0.2) is 29.4 Å². The van der Waals surface area contributed by atoms with Gasteiger partial charge in [0.15, 0.2) is 0 Å². The first-order chi connectivity index (χ1) is 7.40. The topological polar surface area (TPSA) is 37.4 Å². The van der Waals surface area contributed by atoms with E-state index in [0.717, 1.165) is 17.0 Å². The van der Waals surface area contributed by atoms with Gasteiger partial charge in [-0.3, -0.25) is 0 Å². The molecule has 15 heavy (non-hydrogen) atoms. The molecule has 3 heteroatoms. The number of nitrogens with one attached hydrogen (secondary N) is 1. The second-order valence-electron chi connectivity index (χ2n) is 3.60. The van der Waals surface area contributed by atoms with Gasteiger partial charge in [-0.2, -0.15) is 0 Å². The fraction of sp³-hybridized carbons (Fsp3) is 0.250. The fourth-order valence-corrected chi connectivity index (χ4v) is 2.06. The minimum absolute atomic E-state index is 0.662. The van der Waals surface area contributed by atoms with Crippen LogP contribution in [0.3, 0.4) is 0 Å². The molecular formula is C12H12N2O. The van der Waals surface area contributed by atoms with Gasteiger partial charge in [0.25, 0.3) is 0 Å². The summed E-state index contributed by atoms with van der Waals surface area (Å²) in [5.74, 6) is 0.773. The van der Waals surface area contributed by atoms with Crippen LogP contribution >= 0.6 is 0 Å². The smallest absolute Gasteiger partial charge is 0.217 e. The number of aromatic amines is 1. The van der Waals surface area contributed by atoms with Gasteiger partial charge in [-0.1, -0.05) is 6.07 Å². The van der Waals surface area contributed by atoms with Crippen molar-refractivity contribution in [3.8, 4) is 0 Å². The van der Waals surface area contributed by atoms with Crippen LogP contribution in [0.4, 0.5) is 0 Å². The summed E-state index contributed by atoms with van der Waals surface area (Å²) in [6.07, 6.45) is 2.03. The summed E-state index contributed by atoms with van der Waals surface area (Å²) in [5, 5.41) is 1.26. The van der Waals surface area contributed by atoms with Crippen LogP contribution in [0.2, 0.25) is 0 Å². The zero-order valence-corrected chi connectivity index (χ0v) is 8.58. The number of ether oxygens (including phenoxy) is 1. The molecule has 1 aromatic carbocycles. The van der Waals surface area contributed by atoms with Gasteiger partial charge in [-0.05, 0) is 24.6 Å². The highest BCUT2D eigenvalue weighted by molar-refractivity contribution is 6.09. The van der Waals surface area contributed by atoms with E-state index in [-0.39, 0.29) is 0 Å². The molecule has 0 fully saturated rings. The van der Waals surface area contributed by atoms with Crippen LogP contribution in [0, 0.1) is 0 Å². The maximum atomic E-state index is 5.54. The summed E-state index contributed by atoms with van der Waals surface area (Å²) in [4.78, 5) is 7.69. The van der Waals surface area contributed by atoms with Gasteiger partial charge in [0.2, 0.25) is 5.90 Å². The average molecular weight is 200 g/mol. The standard InChI is InChI=1S/C12H12N2O/c1-2-15-12-9-4-3-5-10-11(9)8(6-13-10)7-14-12/h3-6,13H,2,7H2,1H3. The van der Waals surface area contributed by atoms with E-state index in [2.05, 4.69) is 22.1 Å². The van der Waals surface area contributed by atoms with E-state index >= 15 is 0 Å². The van der Waals surface area contributed by atoms with Gasteiger partial charge in [0.05, 0.1) is 13.2 Å². The van der Waals surface area contributed by atoms with E-state index in [9.17, 15) is 0 Å². The Labute approximate surface area is 87.8 Å². The number of aliphatic imine (C=N–C) groups is 1. The predicted octanol–water partition coefficient (Wildman–Crippen LogP) is 2.46. The lowest BCUT2D eigenvalue weighted by Crippen LogP contribution is -2.11. The Balaban J connectivity index is 2.25. The molecule has 0 amide bonds. The summed E-state index contributed by atoms with van der Waals surface area (Å²) in [6.45, 7) is 3.36. The molecule has 1 aliphatic heterocycles. The van der Waals surface area contributed by atoms with E-state index in [1.54, 1.807) is 0 Å². The van der Waals surface area contributed by atoms with Crippen LogP contribution in [-0.2, 0) is 11.3 Å². The van der Waals surface area contributed by atoms with E-state index in [0.29, 0.717) is 13.2 Å². The van der Waals surface area contributed by atoms with Crippen LogP contribution in [0.5, 0.6) is 0 Å². The van der Waals surface area contributed by atoms with Crippen molar-refractivity contribution in [2.45, 2.75) is 13.5 Å². The van der Waals surface area contributed by atoms with Crippen molar-refractivity contribution in [1.29, 1.82) is 0 Å². The van der Waals surface area contributed by atoms with Crippen molar-refractivity contribution in [2.75, 3.05) is 6.61 Å². The predicted molar refractivity (Wildman–Crippen MR) is 60.2 cm³/mol. The number of aromatic nitrogens is 1. The van der Waals surface area contributed by atoms with E-state index in [1.807, 2.05) is 19.2 Å². The molecule has 1 aromatic heterocycles. The van der Waals surface area contributed by atoms with Crippen molar-refractivity contribution < 1.29 is 4.74 Å². The molecule has 0 radical (unpaired) electrons. The Morgan fingerprint density at radius 2 is 2.40 bits per heavy atom. The number of rotatable bonds is 1. The number of H-pyrrole nitrogens is 1. The number of hydrogen-bond acceptors (Lipinski definition) is 2. The van der Waals surface area contributed by atoms with E-state index in [4.69, 9.17) is 4.74 Å². The third-order valence-corrected chi connectivity index (χ3v) is 2.69. The summed E-state index contributed by atoms with van der Waals surface area (Å²) >= 11 is 0. The highest BCUT2D eigenvalue weighted by atomic mass is 16.5. The molecule has 1 N–H and O–H groups in total. The summed E-state index contributed by atoms with van der Waals surface area (Å²) in [7, 11) is 0. The molecule has 2 aromatic rings. The highest BCUT2D eigenvalue weighted by Crippen LogP contribution is 2.27.